The quantitative estimate of drug-likeness (QED) is 0.412. The molecule has 0 saturated heterocycles. The number of carbonyl (C=O) groups excluding carboxylic acids is 2. The lowest BCUT2D eigenvalue weighted by Crippen LogP contribution is -2.44. The molecule has 3 rings (SSSR count). The van der Waals surface area contributed by atoms with Crippen molar-refractivity contribution in [2.75, 3.05) is 6.61 Å². The van der Waals surface area contributed by atoms with Crippen LogP contribution in [0.25, 0.3) is 10.8 Å². The number of fused-ring (bicyclic) bond motifs is 1. The van der Waals surface area contributed by atoms with Crippen LogP contribution in [-0.4, -0.2) is 28.2 Å². The average Bonchev–Trinajstić information content (AvgIpc) is 2.79. The summed E-state index contributed by atoms with van der Waals surface area (Å²) in [5.41, 5.74) is 4.44. The van der Waals surface area contributed by atoms with Gasteiger partial charge in [0.25, 0.3) is 17.4 Å². The van der Waals surface area contributed by atoms with Gasteiger partial charge in [-0.1, -0.05) is 49.6 Å². The Labute approximate surface area is 184 Å². The van der Waals surface area contributed by atoms with E-state index in [-0.39, 0.29) is 17.9 Å². The summed E-state index contributed by atoms with van der Waals surface area (Å²) in [4.78, 5) is 37.4. The molecule has 0 aliphatic rings. The maximum atomic E-state index is 12.7. The predicted molar refractivity (Wildman–Crippen MR) is 118 cm³/mol. The Morgan fingerprint density at radius 3 is 2.45 bits per heavy atom. The molecular formula is C22H23ClN4O4. The Morgan fingerprint density at radius 2 is 1.74 bits per heavy atom. The molecule has 0 bridgehead atoms. The van der Waals surface area contributed by atoms with Gasteiger partial charge < -0.3 is 4.74 Å². The second kappa shape index (κ2) is 10.6. The Bertz CT molecular complexity index is 1130. The largest absolute Gasteiger partial charge is 0.484 e. The van der Waals surface area contributed by atoms with Gasteiger partial charge in [0, 0.05) is 17.0 Å². The van der Waals surface area contributed by atoms with Gasteiger partial charge in [-0.2, -0.15) is 5.10 Å². The third-order valence-electron chi connectivity index (χ3n) is 4.56. The fourth-order valence-corrected chi connectivity index (χ4v) is 3.09. The molecule has 3 aromatic rings. The zero-order valence-corrected chi connectivity index (χ0v) is 17.8. The van der Waals surface area contributed by atoms with E-state index in [4.69, 9.17) is 16.3 Å². The molecule has 0 aliphatic heterocycles. The third-order valence-corrected chi connectivity index (χ3v) is 4.81. The zero-order valence-electron chi connectivity index (χ0n) is 17.1. The SMILES string of the molecule is CCCCCn1nc(C(=O)NNC(=O)COc2ccc(Cl)cc2)c2ccccc2c1=O. The Morgan fingerprint density at radius 1 is 1.03 bits per heavy atom. The second-order valence-corrected chi connectivity index (χ2v) is 7.31. The van der Waals surface area contributed by atoms with Crippen LogP contribution in [0.4, 0.5) is 0 Å². The van der Waals surface area contributed by atoms with Crippen molar-refractivity contribution >= 4 is 34.2 Å². The van der Waals surface area contributed by atoms with Crippen molar-refractivity contribution < 1.29 is 14.3 Å². The van der Waals surface area contributed by atoms with Crippen LogP contribution in [-0.2, 0) is 11.3 Å². The van der Waals surface area contributed by atoms with Gasteiger partial charge in [0.2, 0.25) is 0 Å². The molecule has 0 saturated carbocycles. The lowest BCUT2D eigenvalue weighted by atomic mass is 10.1. The van der Waals surface area contributed by atoms with Gasteiger partial charge in [-0.05, 0) is 36.8 Å². The van der Waals surface area contributed by atoms with Crippen LogP contribution in [0.3, 0.4) is 0 Å². The molecule has 9 heteroatoms. The number of amides is 2. The van der Waals surface area contributed by atoms with Crippen molar-refractivity contribution in [3.8, 4) is 5.75 Å². The van der Waals surface area contributed by atoms with Gasteiger partial charge in [-0.3, -0.25) is 25.2 Å². The van der Waals surface area contributed by atoms with E-state index in [1.165, 1.54) is 4.68 Å². The number of aromatic nitrogens is 2. The van der Waals surface area contributed by atoms with Gasteiger partial charge in [0.05, 0.1) is 5.39 Å². The lowest BCUT2D eigenvalue weighted by Gasteiger charge is -2.12. The summed E-state index contributed by atoms with van der Waals surface area (Å²) in [6.45, 7) is 2.18. The molecule has 0 unspecified atom stereocenters. The molecule has 0 fully saturated rings. The average molecular weight is 443 g/mol. The van der Waals surface area contributed by atoms with Crippen molar-refractivity contribution in [2.24, 2.45) is 0 Å². The third kappa shape index (κ3) is 5.82. The first-order valence-electron chi connectivity index (χ1n) is 9.97. The van der Waals surface area contributed by atoms with Crippen LogP contribution in [0.15, 0.2) is 53.3 Å². The summed E-state index contributed by atoms with van der Waals surface area (Å²) in [5.74, 6) is -0.707. The number of hydrogen-bond donors (Lipinski definition) is 2. The van der Waals surface area contributed by atoms with E-state index in [1.54, 1.807) is 48.5 Å². The van der Waals surface area contributed by atoms with E-state index in [0.29, 0.717) is 28.1 Å². The van der Waals surface area contributed by atoms with Gasteiger partial charge in [0.15, 0.2) is 12.3 Å². The Hall–Kier alpha value is -3.39. The van der Waals surface area contributed by atoms with Crippen molar-refractivity contribution in [1.82, 2.24) is 20.6 Å². The highest BCUT2D eigenvalue weighted by atomic mass is 35.5. The number of benzene rings is 2. The summed E-state index contributed by atoms with van der Waals surface area (Å²) in [7, 11) is 0. The molecule has 0 spiro atoms. The van der Waals surface area contributed by atoms with E-state index in [2.05, 4.69) is 22.9 Å². The number of hydrogen-bond acceptors (Lipinski definition) is 5. The maximum Gasteiger partial charge on any atom is 0.290 e. The fourth-order valence-electron chi connectivity index (χ4n) is 2.97. The summed E-state index contributed by atoms with van der Waals surface area (Å²) >= 11 is 5.81. The first-order valence-corrected chi connectivity index (χ1v) is 10.3. The summed E-state index contributed by atoms with van der Waals surface area (Å²) in [5, 5.41) is 5.62. The molecule has 162 valence electrons. The Balaban J connectivity index is 1.69. The number of rotatable bonds is 8. The van der Waals surface area contributed by atoms with E-state index in [9.17, 15) is 14.4 Å². The number of nitrogens with zero attached hydrogens (tertiary/aromatic N) is 2. The number of unbranched alkanes of at least 4 members (excludes halogenated alkanes) is 2. The van der Waals surface area contributed by atoms with Crippen LogP contribution in [0.1, 0.15) is 36.7 Å². The predicted octanol–water partition coefficient (Wildman–Crippen LogP) is 3.08. The van der Waals surface area contributed by atoms with Gasteiger partial charge in [-0.15, -0.1) is 0 Å². The molecule has 1 aromatic heterocycles. The molecule has 8 nitrogen and oxygen atoms in total. The fraction of sp³-hybridized carbons (Fsp3) is 0.273. The van der Waals surface area contributed by atoms with Crippen molar-refractivity contribution in [1.29, 1.82) is 0 Å². The first-order chi connectivity index (χ1) is 15.0. The topological polar surface area (TPSA) is 102 Å². The smallest absolute Gasteiger partial charge is 0.290 e. The molecule has 0 atom stereocenters. The highest BCUT2D eigenvalue weighted by molar-refractivity contribution is 6.30. The van der Waals surface area contributed by atoms with Crippen LogP contribution >= 0.6 is 11.6 Å². The number of halogens is 1. The molecule has 2 N–H and O–H groups in total. The van der Waals surface area contributed by atoms with Crippen molar-refractivity contribution in [3.05, 3.63) is 69.6 Å². The zero-order chi connectivity index (χ0) is 22.2. The van der Waals surface area contributed by atoms with Crippen molar-refractivity contribution in [3.63, 3.8) is 0 Å². The molecule has 0 aliphatic carbocycles. The van der Waals surface area contributed by atoms with Gasteiger partial charge >= 0.3 is 0 Å². The van der Waals surface area contributed by atoms with E-state index in [1.807, 2.05) is 0 Å². The second-order valence-electron chi connectivity index (χ2n) is 6.87. The number of ether oxygens (including phenoxy) is 1. The normalized spacial score (nSPS) is 10.6. The van der Waals surface area contributed by atoms with Crippen molar-refractivity contribution in [2.45, 2.75) is 32.7 Å². The first kappa shape index (κ1) is 22.3. The van der Waals surface area contributed by atoms with Gasteiger partial charge in [0.1, 0.15) is 5.75 Å². The minimum atomic E-state index is -0.625. The molecular weight excluding hydrogens is 420 g/mol. The molecule has 0 radical (unpaired) electrons. The van der Waals surface area contributed by atoms with E-state index >= 15 is 0 Å². The van der Waals surface area contributed by atoms with Crippen LogP contribution in [0, 0.1) is 0 Å². The van der Waals surface area contributed by atoms with Crippen LogP contribution in [0.5, 0.6) is 5.75 Å². The lowest BCUT2D eigenvalue weighted by molar-refractivity contribution is -0.123. The van der Waals surface area contributed by atoms with E-state index in [0.717, 1.165) is 19.3 Å². The molecule has 1 heterocycles. The summed E-state index contributed by atoms with van der Waals surface area (Å²) < 4.78 is 6.64. The summed E-state index contributed by atoms with van der Waals surface area (Å²) in [6, 6.07) is 13.3. The minimum absolute atomic E-state index is 0.0608. The summed E-state index contributed by atoms with van der Waals surface area (Å²) in [6.07, 6.45) is 2.73. The van der Waals surface area contributed by atoms with Crippen LogP contribution in [0.2, 0.25) is 5.02 Å². The highest BCUT2D eigenvalue weighted by Gasteiger charge is 2.17. The standard InChI is InChI=1S/C22H23ClN4O4/c1-2-3-6-13-27-22(30)18-8-5-4-7-17(18)20(26-27)21(29)25-24-19(28)14-31-16-11-9-15(23)10-12-16/h4-5,7-12H,2-3,6,13-14H2,1H3,(H,24,28)(H,25,29). The maximum absolute atomic E-state index is 12.7. The number of hydrazine groups is 1. The molecule has 2 amide bonds. The molecule has 31 heavy (non-hydrogen) atoms. The molecule has 2 aromatic carbocycles. The monoisotopic (exact) mass is 442 g/mol. The number of nitrogens with one attached hydrogen (secondary N) is 2. The number of aryl methyl sites for hydroxylation is 1. The van der Waals surface area contributed by atoms with Crippen LogP contribution < -0.4 is 21.1 Å². The van der Waals surface area contributed by atoms with Gasteiger partial charge in [-0.25, -0.2) is 4.68 Å². The Kier molecular flexibility index (Phi) is 7.61. The number of carbonyl (C=O) groups is 2. The highest BCUT2D eigenvalue weighted by Crippen LogP contribution is 2.15. The van der Waals surface area contributed by atoms with E-state index < -0.39 is 11.8 Å². The minimum Gasteiger partial charge on any atom is -0.484 e.